The van der Waals surface area contributed by atoms with Gasteiger partial charge in [-0.2, -0.15) is 0 Å². The first kappa shape index (κ1) is 20.1. The summed E-state index contributed by atoms with van der Waals surface area (Å²) in [5.41, 5.74) is 1.23. The van der Waals surface area contributed by atoms with Gasteiger partial charge in [-0.3, -0.25) is 4.79 Å². The van der Waals surface area contributed by atoms with Crippen LogP contribution in [0.15, 0.2) is 52.2 Å². The number of benzene rings is 1. The Labute approximate surface area is 170 Å². The smallest absolute Gasteiger partial charge is 0.277 e. The molecule has 0 atom stereocenters. The van der Waals surface area contributed by atoms with E-state index >= 15 is 0 Å². The first-order valence-electron chi connectivity index (χ1n) is 8.24. The topological polar surface area (TPSA) is 99.4 Å². The average Bonchev–Trinajstić information content (AvgIpc) is 3.17. The summed E-state index contributed by atoms with van der Waals surface area (Å²) in [6.45, 7) is 0.757. The van der Waals surface area contributed by atoms with Gasteiger partial charge in [-0.05, 0) is 36.4 Å². The van der Waals surface area contributed by atoms with Crippen LogP contribution in [0.5, 0.6) is 5.88 Å². The maximum Gasteiger partial charge on any atom is 0.277 e. The number of nitrogens with one attached hydrogen (secondary N) is 1. The third-order valence-corrected chi connectivity index (χ3v) is 4.47. The summed E-state index contributed by atoms with van der Waals surface area (Å²) in [5, 5.41) is 11.6. The third-order valence-electron chi connectivity index (χ3n) is 3.40. The fourth-order valence-electron chi connectivity index (χ4n) is 2.11. The van der Waals surface area contributed by atoms with Gasteiger partial charge in [0.1, 0.15) is 12.3 Å². The van der Waals surface area contributed by atoms with Crippen LogP contribution in [-0.4, -0.2) is 47.2 Å². The number of aromatic nitrogens is 3. The van der Waals surface area contributed by atoms with Crippen molar-refractivity contribution >= 4 is 35.0 Å². The Bertz CT molecular complexity index is 920. The maximum atomic E-state index is 12.2. The number of hydrogen-bond acceptors (Lipinski definition) is 8. The summed E-state index contributed by atoms with van der Waals surface area (Å²) in [5.74, 6) is 0.538. The number of rotatable bonds is 9. The number of pyridine rings is 1. The van der Waals surface area contributed by atoms with Crippen molar-refractivity contribution in [3.8, 4) is 17.3 Å². The lowest BCUT2D eigenvalue weighted by Crippen LogP contribution is -2.16. The van der Waals surface area contributed by atoms with E-state index in [4.69, 9.17) is 25.5 Å². The first-order valence-corrected chi connectivity index (χ1v) is 9.61. The maximum absolute atomic E-state index is 12.2. The van der Waals surface area contributed by atoms with Gasteiger partial charge >= 0.3 is 0 Å². The van der Waals surface area contributed by atoms with Gasteiger partial charge < -0.3 is 19.2 Å². The molecule has 0 aliphatic heterocycles. The second-order valence-corrected chi connectivity index (χ2v) is 6.78. The third kappa shape index (κ3) is 5.69. The number of carbonyl (C=O) groups excluding carboxylic acids is 1. The number of halogens is 1. The summed E-state index contributed by atoms with van der Waals surface area (Å²) in [6.07, 6.45) is 1.59. The fourth-order valence-corrected chi connectivity index (χ4v) is 2.80. The molecule has 0 aliphatic rings. The zero-order valence-electron chi connectivity index (χ0n) is 14.9. The van der Waals surface area contributed by atoms with Gasteiger partial charge in [-0.25, -0.2) is 4.98 Å². The number of nitrogens with zero attached hydrogens (tertiary/aromatic N) is 3. The van der Waals surface area contributed by atoms with Gasteiger partial charge in [0.25, 0.3) is 5.22 Å². The average molecular weight is 421 g/mol. The predicted molar refractivity (Wildman–Crippen MR) is 106 cm³/mol. The largest absolute Gasteiger partial charge is 0.474 e. The number of amides is 1. The molecule has 0 spiro atoms. The molecule has 0 saturated heterocycles. The number of hydrogen-bond donors (Lipinski definition) is 1. The molecule has 1 N–H and O–H groups in total. The Kier molecular flexibility index (Phi) is 7.24. The highest BCUT2D eigenvalue weighted by Gasteiger charge is 2.13. The minimum Gasteiger partial charge on any atom is -0.474 e. The second kappa shape index (κ2) is 10.1. The van der Waals surface area contributed by atoms with Crippen LogP contribution in [0.3, 0.4) is 0 Å². The van der Waals surface area contributed by atoms with Crippen LogP contribution >= 0.6 is 23.4 Å². The lowest BCUT2D eigenvalue weighted by molar-refractivity contribution is -0.113. The van der Waals surface area contributed by atoms with Crippen LogP contribution in [0.4, 0.5) is 5.69 Å². The van der Waals surface area contributed by atoms with Gasteiger partial charge in [0.15, 0.2) is 0 Å². The van der Waals surface area contributed by atoms with Gasteiger partial charge in [0.2, 0.25) is 17.7 Å². The van der Waals surface area contributed by atoms with E-state index in [1.54, 1.807) is 49.7 Å². The Morgan fingerprint density at radius 1 is 1.21 bits per heavy atom. The minimum atomic E-state index is -0.249. The normalized spacial score (nSPS) is 10.6. The van der Waals surface area contributed by atoms with E-state index in [1.807, 2.05) is 0 Å². The number of thioether (sulfide) groups is 1. The molecule has 3 aromatic rings. The van der Waals surface area contributed by atoms with E-state index in [9.17, 15) is 4.79 Å². The molecule has 2 aromatic heterocycles. The van der Waals surface area contributed by atoms with Crippen LogP contribution in [0.2, 0.25) is 5.02 Å². The molecule has 1 aromatic carbocycles. The van der Waals surface area contributed by atoms with Crippen LogP contribution in [0, 0.1) is 0 Å². The van der Waals surface area contributed by atoms with Crippen molar-refractivity contribution in [2.24, 2.45) is 0 Å². The molecule has 0 unspecified atom stereocenters. The molecule has 0 bridgehead atoms. The van der Waals surface area contributed by atoms with Crippen molar-refractivity contribution in [2.75, 3.05) is 31.4 Å². The molecule has 0 saturated carbocycles. The van der Waals surface area contributed by atoms with Crippen LogP contribution in [-0.2, 0) is 9.53 Å². The van der Waals surface area contributed by atoms with Gasteiger partial charge in [0, 0.05) is 23.9 Å². The van der Waals surface area contributed by atoms with Crippen molar-refractivity contribution in [2.45, 2.75) is 5.22 Å². The van der Waals surface area contributed by atoms with E-state index in [0.717, 1.165) is 17.3 Å². The fraction of sp³-hybridized carbons (Fsp3) is 0.222. The Morgan fingerprint density at radius 3 is 2.82 bits per heavy atom. The van der Waals surface area contributed by atoms with Crippen molar-refractivity contribution in [1.82, 2.24) is 15.2 Å². The highest BCUT2D eigenvalue weighted by Crippen LogP contribution is 2.25. The summed E-state index contributed by atoms with van der Waals surface area (Å²) >= 11 is 7.00. The lowest BCUT2D eigenvalue weighted by atomic mass is 10.2. The zero-order chi connectivity index (χ0) is 19.8. The molecule has 0 fully saturated rings. The van der Waals surface area contributed by atoms with Crippen molar-refractivity contribution < 1.29 is 18.7 Å². The first-order chi connectivity index (χ1) is 13.7. The highest BCUT2D eigenvalue weighted by atomic mass is 35.5. The molecule has 3 rings (SSSR count). The van der Waals surface area contributed by atoms with E-state index in [0.29, 0.717) is 40.9 Å². The van der Waals surface area contributed by atoms with E-state index in [1.165, 1.54) is 0 Å². The second-order valence-electron chi connectivity index (χ2n) is 5.41. The Balaban J connectivity index is 1.54. The predicted octanol–water partition coefficient (Wildman–Crippen LogP) is 3.54. The lowest BCUT2D eigenvalue weighted by Gasteiger charge is -2.10. The molecule has 1 amide bonds. The molecule has 2 heterocycles. The van der Waals surface area contributed by atoms with Gasteiger partial charge in [0.05, 0.1) is 12.4 Å². The molecular weight excluding hydrogens is 404 g/mol. The van der Waals surface area contributed by atoms with Crippen molar-refractivity contribution in [3.05, 3.63) is 47.6 Å². The number of anilines is 1. The zero-order valence-corrected chi connectivity index (χ0v) is 16.5. The van der Waals surface area contributed by atoms with Crippen LogP contribution in [0.25, 0.3) is 11.5 Å². The SMILES string of the molecule is COCCOc1ncccc1NC(=O)CSc1nnc(-c2ccc(Cl)cc2)o1. The molecule has 0 aliphatic carbocycles. The summed E-state index contributed by atoms with van der Waals surface area (Å²) in [7, 11) is 1.58. The Hall–Kier alpha value is -2.62. The molecule has 10 heteroatoms. The minimum absolute atomic E-state index is 0.0919. The molecule has 146 valence electrons. The monoisotopic (exact) mass is 420 g/mol. The number of carbonyl (C=O) groups is 1. The molecule has 28 heavy (non-hydrogen) atoms. The molecule has 8 nitrogen and oxygen atoms in total. The van der Waals surface area contributed by atoms with Gasteiger partial charge in [-0.1, -0.05) is 23.4 Å². The number of methoxy groups -OCH3 is 1. The summed E-state index contributed by atoms with van der Waals surface area (Å²) in [4.78, 5) is 16.4. The van der Waals surface area contributed by atoms with Crippen LogP contribution in [0.1, 0.15) is 0 Å². The quantitative estimate of drug-likeness (QED) is 0.414. The standard InChI is InChI=1S/C18H17ClN4O4S/c1-25-9-10-26-17-14(3-2-8-20-17)21-15(24)11-28-18-23-22-16(27-18)12-4-6-13(19)7-5-12/h2-8H,9-11H2,1H3,(H,21,24). The van der Waals surface area contributed by atoms with Crippen molar-refractivity contribution in [3.63, 3.8) is 0 Å². The van der Waals surface area contributed by atoms with E-state index < -0.39 is 0 Å². The summed E-state index contributed by atoms with van der Waals surface area (Å²) in [6, 6.07) is 10.5. The van der Waals surface area contributed by atoms with Crippen LogP contribution < -0.4 is 10.1 Å². The molecule has 0 radical (unpaired) electrons. The summed E-state index contributed by atoms with van der Waals surface area (Å²) < 4.78 is 16.0. The Morgan fingerprint density at radius 2 is 2.04 bits per heavy atom. The highest BCUT2D eigenvalue weighted by molar-refractivity contribution is 7.99. The van der Waals surface area contributed by atoms with Crippen molar-refractivity contribution in [1.29, 1.82) is 0 Å². The molecular formula is C18H17ClN4O4S. The number of ether oxygens (including phenoxy) is 2. The van der Waals surface area contributed by atoms with E-state index in [2.05, 4.69) is 20.5 Å². The van der Waals surface area contributed by atoms with E-state index in [-0.39, 0.29) is 11.7 Å². The van der Waals surface area contributed by atoms with Gasteiger partial charge in [-0.15, -0.1) is 10.2 Å².